The molecule has 0 unspecified atom stereocenters. The summed E-state index contributed by atoms with van der Waals surface area (Å²) in [6, 6.07) is 9.64. The van der Waals surface area contributed by atoms with Crippen LogP contribution in [0.15, 0.2) is 36.4 Å². The summed E-state index contributed by atoms with van der Waals surface area (Å²) in [5.41, 5.74) is -0.468. The lowest BCUT2D eigenvalue weighted by atomic mass is 9.50. The van der Waals surface area contributed by atoms with Crippen LogP contribution in [0.25, 0.3) is 6.08 Å². The SMILES string of the molecule is CC(C)[C@@H]1CC[C@@]2(C)[C@H](O)CC[C@@](C)(O)[C@@H]2[C@@H]1OC(=O)/C=C/c1ccccc1. The minimum atomic E-state index is -0.963. The summed E-state index contributed by atoms with van der Waals surface area (Å²) >= 11 is 0. The van der Waals surface area contributed by atoms with Crippen molar-refractivity contribution >= 4 is 12.0 Å². The number of ether oxygens (including phenoxy) is 1. The molecular weight excluding hydrogens is 352 g/mol. The topological polar surface area (TPSA) is 66.8 Å². The van der Waals surface area contributed by atoms with Gasteiger partial charge in [-0.05, 0) is 56.1 Å². The van der Waals surface area contributed by atoms with Gasteiger partial charge in [-0.2, -0.15) is 0 Å². The summed E-state index contributed by atoms with van der Waals surface area (Å²) in [6.07, 6.45) is 5.16. The van der Waals surface area contributed by atoms with Crippen molar-refractivity contribution < 1.29 is 19.7 Å². The molecule has 2 saturated carbocycles. The Labute approximate surface area is 168 Å². The van der Waals surface area contributed by atoms with Crippen LogP contribution >= 0.6 is 0 Å². The number of fused-ring (bicyclic) bond motifs is 1. The Bertz CT molecular complexity index is 709. The number of rotatable bonds is 4. The predicted molar refractivity (Wildman–Crippen MR) is 110 cm³/mol. The van der Waals surface area contributed by atoms with Gasteiger partial charge in [0.15, 0.2) is 0 Å². The summed E-state index contributed by atoms with van der Waals surface area (Å²) in [4.78, 5) is 12.7. The Hall–Kier alpha value is -1.65. The van der Waals surface area contributed by atoms with Crippen molar-refractivity contribution in [3.63, 3.8) is 0 Å². The predicted octanol–water partition coefficient (Wildman–Crippen LogP) is 4.21. The molecule has 0 heterocycles. The first kappa shape index (κ1) is 21.1. The minimum absolute atomic E-state index is 0.170. The van der Waals surface area contributed by atoms with Crippen LogP contribution in [-0.2, 0) is 9.53 Å². The zero-order valence-electron chi connectivity index (χ0n) is 17.5. The van der Waals surface area contributed by atoms with Crippen molar-refractivity contribution in [3.8, 4) is 0 Å². The zero-order chi connectivity index (χ0) is 20.5. The maximum absolute atomic E-state index is 12.7. The molecule has 2 aliphatic carbocycles. The molecule has 2 aliphatic rings. The monoisotopic (exact) mass is 386 g/mol. The highest BCUT2D eigenvalue weighted by atomic mass is 16.5. The molecule has 4 heteroatoms. The molecule has 0 aromatic heterocycles. The third-order valence-corrected chi connectivity index (χ3v) is 7.15. The number of benzene rings is 1. The maximum Gasteiger partial charge on any atom is 0.331 e. The van der Waals surface area contributed by atoms with Crippen LogP contribution in [-0.4, -0.2) is 34.0 Å². The van der Waals surface area contributed by atoms with E-state index in [4.69, 9.17) is 4.74 Å². The molecule has 0 aliphatic heterocycles. The Morgan fingerprint density at radius 3 is 2.50 bits per heavy atom. The molecule has 2 fully saturated rings. The van der Waals surface area contributed by atoms with Gasteiger partial charge in [-0.3, -0.25) is 0 Å². The van der Waals surface area contributed by atoms with Crippen molar-refractivity contribution in [2.24, 2.45) is 23.2 Å². The summed E-state index contributed by atoms with van der Waals surface area (Å²) in [6.45, 7) is 8.17. The molecule has 3 rings (SSSR count). The molecule has 4 nitrogen and oxygen atoms in total. The van der Waals surface area contributed by atoms with Crippen molar-refractivity contribution in [1.29, 1.82) is 0 Å². The van der Waals surface area contributed by atoms with Crippen LogP contribution < -0.4 is 0 Å². The van der Waals surface area contributed by atoms with Gasteiger partial charge in [-0.1, -0.05) is 51.1 Å². The highest BCUT2D eigenvalue weighted by Gasteiger charge is 2.60. The zero-order valence-corrected chi connectivity index (χ0v) is 17.5. The first-order valence-corrected chi connectivity index (χ1v) is 10.5. The van der Waals surface area contributed by atoms with E-state index >= 15 is 0 Å². The van der Waals surface area contributed by atoms with Gasteiger partial charge in [0.05, 0.1) is 11.7 Å². The average Bonchev–Trinajstić information content (AvgIpc) is 2.64. The van der Waals surface area contributed by atoms with Gasteiger partial charge in [-0.15, -0.1) is 0 Å². The lowest BCUT2D eigenvalue weighted by molar-refractivity contribution is -0.228. The van der Waals surface area contributed by atoms with E-state index in [1.54, 1.807) is 6.08 Å². The van der Waals surface area contributed by atoms with Crippen molar-refractivity contribution in [3.05, 3.63) is 42.0 Å². The van der Waals surface area contributed by atoms with Crippen LogP contribution in [0.4, 0.5) is 0 Å². The second-order valence-corrected chi connectivity index (χ2v) is 9.49. The smallest absolute Gasteiger partial charge is 0.331 e. The molecule has 2 N–H and O–H groups in total. The molecule has 1 aromatic rings. The lowest BCUT2D eigenvalue weighted by Gasteiger charge is -2.59. The molecule has 0 saturated heterocycles. The number of esters is 1. The van der Waals surface area contributed by atoms with Gasteiger partial charge in [-0.25, -0.2) is 4.79 Å². The second-order valence-electron chi connectivity index (χ2n) is 9.49. The van der Waals surface area contributed by atoms with E-state index < -0.39 is 23.2 Å². The van der Waals surface area contributed by atoms with Gasteiger partial charge in [0, 0.05) is 17.4 Å². The first-order chi connectivity index (χ1) is 13.1. The van der Waals surface area contributed by atoms with E-state index in [-0.39, 0.29) is 17.8 Å². The molecule has 6 atom stereocenters. The lowest BCUT2D eigenvalue weighted by Crippen LogP contribution is -2.64. The summed E-state index contributed by atoms with van der Waals surface area (Å²) in [7, 11) is 0. The summed E-state index contributed by atoms with van der Waals surface area (Å²) < 4.78 is 6.01. The molecule has 0 amide bonds. The molecular formula is C24H34O4. The van der Waals surface area contributed by atoms with Crippen LogP contribution in [0.5, 0.6) is 0 Å². The number of carbonyl (C=O) groups excluding carboxylic acids is 1. The molecule has 154 valence electrons. The fraction of sp³-hybridized carbons (Fsp3) is 0.625. The standard InChI is InChI=1S/C24H34O4/c1-16(2)18-12-14-23(3)19(25)13-15-24(4,27)22(23)21(18)28-20(26)11-10-17-8-6-5-7-9-17/h5-11,16,18-19,21-22,25,27H,12-15H2,1-4H3/b11-10+/t18-,19+,21+,22+,23-,24+/m0/s1. The Balaban J connectivity index is 1.87. The number of aliphatic hydroxyl groups is 2. The summed E-state index contributed by atoms with van der Waals surface area (Å²) in [5.74, 6) is -0.169. The number of aliphatic hydroxyl groups excluding tert-OH is 1. The number of hydrogen-bond donors (Lipinski definition) is 2. The minimum Gasteiger partial charge on any atom is -0.458 e. The number of hydrogen-bond acceptors (Lipinski definition) is 4. The van der Waals surface area contributed by atoms with Crippen LogP contribution in [0.2, 0.25) is 0 Å². The van der Waals surface area contributed by atoms with E-state index in [0.717, 1.165) is 18.4 Å². The molecule has 0 spiro atoms. The van der Waals surface area contributed by atoms with E-state index in [0.29, 0.717) is 18.8 Å². The molecule has 28 heavy (non-hydrogen) atoms. The van der Waals surface area contributed by atoms with Crippen molar-refractivity contribution in [1.82, 2.24) is 0 Å². The van der Waals surface area contributed by atoms with Gasteiger partial charge < -0.3 is 14.9 Å². The van der Waals surface area contributed by atoms with E-state index in [1.165, 1.54) is 6.08 Å². The van der Waals surface area contributed by atoms with Crippen LogP contribution in [0, 0.1) is 23.2 Å². The molecule has 0 bridgehead atoms. The van der Waals surface area contributed by atoms with Crippen molar-refractivity contribution in [2.75, 3.05) is 0 Å². The molecule has 0 radical (unpaired) electrons. The maximum atomic E-state index is 12.7. The highest BCUT2D eigenvalue weighted by molar-refractivity contribution is 5.87. The van der Waals surface area contributed by atoms with Crippen LogP contribution in [0.3, 0.4) is 0 Å². The highest BCUT2D eigenvalue weighted by Crippen LogP contribution is 2.57. The molecule has 1 aromatic carbocycles. The van der Waals surface area contributed by atoms with Gasteiger partial charge in [0.25, 0.3) is 0 Å². The Morgan fingerprint density at radius 2 is 1.86 bits per heavy atom. The normalized spacial score (nSPS) is 38.4. The van der Waals surface area contributed by atoms with E-state index in [9.17, 15) is 15.0 Å². The van der Waals surface area contributed by atoms with E-state index in [2.05, 4.69) is 13.8 Å². The average molecular weight is 387 g/mol. The van der Waals surface area contributed by atoms with Crippen molar-refractivity contribution in [2.45, 2.75) is 71.2 Å². The fourth-order valence-electron chi connectivity index (χ4n) is 5.54. The third-order valence-electron chi connectivity index (χ3n) is 7.15. The van der Waals surface area contributed by atoms with E-state index in [1.807, 2.05) is 44.2 Å². The number of carbonyl (C=O) groups is 1. The van der Waals surface area contributed by atoms with Gasteiger partial charge in [0.1, 0.15) is 6.10 Å². The first-order valence-electron chi connectivity index (χ1n) is 10.5. The third kappa shape index (κ3) is 4.04. The largest absolute Gasteiger partial charge is 0.458 e. The second kappa shape index (κ2) is 8.00. The summed E-state index contributed by atoms with van der Waals surface area (Å²) in [5, 5.41) is 22.0. The Morgan fingerprint density at radius 1 is 1.18 bits per heavy atom. The van der Waals surface area contributed by atoms with Crippen LogP contribution in [0.1, 0.15) is 58.9 Å². The fourth-order valence-corrected chi connectivity index (χ4v) is 5.54. The van der Waals surface area contributed by atoms with Gasteiger partial charge in [0.2, 0.25) is 0 Å². The Kier molecular flexibility index (Phi) is 6.02. The van der Waals surface area contributed by atoms with Gasteiger partial charge >= 0.3 is 5.97 Å². The quantitative estimate of drug-likeness (QED) is 0.601.